The van der Waals surface area contributed by atoms with E-state index in [4.69, 9.17) is 5.73 Å². The van der Waals surface area contributed by atoms with Crippen molar-refractivity contribution in [2.45, 2.75) is 25.4 Å². The number of rotatable bonds is 4. The van der Waals surface area contributed by atoms with Gasteiger partial charge in [0.2, 0.25) is 5.91 Å². The zero-order valence-corrected chi connectivity index (χ0v) is 14.3. The Morgan fingerprint density at radius 2 is 1.88 bits per heavy atom. The van der Waals surface area contributed by atoms with Gasteiger partial charge in [-0.25, -0.2) is 0 Å². The highest BCUT2D eigenvalue weighted by atomic mass is 32.1. The average Bonchev–Trinajstić information content (AvgIpc) is 3.32. The third-order valence-electron chi connectivity index (χ3n) is 4.38. The summed E-state index contributed by atoms with van der Waals surface area (Å²) in [4.78, 5) is 28.9. The smallest absolute Gasteiger partial charge is 0.258 e. The molecule has 1 aliphatic rings. The van der Waals surface area contributed by atoms with E-state index in [1.807, 2.05) is 35.2 Å². The number of amides is 2. The molecular weight excluding hydrogens is 338 g/mol. The number of carbonyl (C=O) groups excluding carboxylic acids is 2. The molecule has 3 heterocycles. The van der Waals surface area contributed by atoms with E-state index in [1.165, 1.54) is 16.1 Å². The Morgan fingerprint density at radius 1 is 1.16 bits per heavy atom. The van der Waals surface area contributed by atoms with Gasteiger partial charge in [-0.3, -0.25) is 9.59 Å². The molecule has 3 aromatic rings. The van der Waals surface area contributed by atoms with Gasteiger partial charge >= 0.3 is 0 Å². The predicted octanol–water partition coefficient (Wildman–Crippen LogP) is 1.96. The highest BCUT2D eigenvalue weighted by Gasteiger charge is 2.31. The third-order valence-corrected chi connectivity index (χ3v) is 5.58. The van der Waals surface area contributed by atoms with Crippen molar-refractivity contribution < 1.29 is 9.59 Å². The number of nitrogens with zero attached hydrogens (tertiary/aromatic N) is 4. The van der Waals surface area contributed by atoms with Gasteiger partial charge in [0.25, 0.3) is 5.91 Å². The van der Waals surface area contributed by atoms with Gasteiger partial charge in [-0.1, -0.05) is 12.1 Å². The van der Waals surface area contributed by atoms with Crippen LogP contribution in [0.25, 0.3) is 11.0 Å². The molecule has 8 heteroatoms. The Kier molecular flexibility index (Phi) is 3.96. The Labute approximate surface area is 148 Å². The summed E-state index contributed by atoms with van der Waals surface area (Å²) in [6.07, 6.45) is 1.83. The van der Waals surface area contributed by atoms with E-state index in [0.29, 0.717) is 11.4 Å². The van der Waals surface area contributed by atoms with Gasteiger partial charge in [0.05, 0.1) is 10.9 Å². The monoisotopic (exact) mass is 355 g/mol. The van der Waals surface area contributed by atoms with Gasteiger partial charge in [-0.15, -0.1) is 11.3 Å². The molecule has 1 fully saturated rings. The number of aromatic nitrogens is 3. The first kappa shape index (κ1) is 15.8. The van der Waals surface area contributed by atoms with Gasteiger partial charge in [0, 0.05) is 11.4 Å². The average molecular weight is 355 g/mol. The SMILES string of the molecule is NC(=O)c1ccc([C@@H]2CCCN2C(=O)Cn2nc3ccccc3n2)s1. The maximum atomic E-state index is 12.8. The second-order valence-electron chi connectivity index (χ2n) is 6.03. The Morgan fingerprint density at radius 3 is 2.52 bits per heavy atom. The normalized spacial score (nSPS) is 17.3. The molecule has 1 atom stereocenters. The zero-order chi connectivity index (χ0) is 17.4. The van der Waals surface area contributed by atoms with Crippen LogP contribution in [0, 0.1) is 0 Å². The summed E-state index contributed by atoms with van der Waals surface area (Å²) in [7, 11) is 0. The second-order valence-corrected chi connectivity index (χ2v) is 7.15. The number of nitrogens with two attached hydrogens (primary N) is 1. The van der Waals surface area contributed by atoms with Crippen molar-refractivity contribution >= 4 is 34.2 Å². The predicted molar refractivity (Wildman–Crippen MR) is 94.1 cm³/mol. The Hall–Kier alpha value is -2.74. The molecule has 0 unspecified atom stereocenters. The molecule has 2 amide bonds. The molecule has 0 saturated carbocycles. The number of benzene rings is 1. The van der Waals surface area contributed by atoms with Gasteiger partial charge in [-0.2, -0.15) is 15.0 Å². The number of fused-ring (bicyclic) bond motifs is 1. The Bertz CT molecular complexity index is 914. The van der Waals surface area contributed by atoms with Crippen molar-refractivity contribution in [3.05, 3.63) is 46.2 Å². The number of primary amides is 1. The van der Waals surface area contributed by atoms with Crippen LogP contribution < -0.4 is 5.73 Å². The zero-order valence-electron chi connectivity index (χ0n) is 13.5. The van der Waals surface area contributed by atoms with Gasteiger partial charge < -0.3 is 10.6 Å². The molecule has 2 N–H and O–H groups in total. The maximum absolute atomic E-state index is 12.8. The van der Waals surface area contributed by atoms with Crippen LogP contribution in [0.1, 0.15) is 33.4 Å². The number of likely N-dealkylation sites (tertiary alicyclic amines) is 1. The minimum Gasteiger partial charge on any atom is -0.365 e. The highest BCUT2D eigenvalue weighted by Crippen LogP contribution is 2.36. The first-order valence-corrected chi connectivity index (χ1v) is 8.92. The van der Waals surface area contributed by atoms with E-state index >= 15 is 0 Å². The summed E-state index contributed by atoms with van der Waals surface area (Å²) in [5.41, 5.74) is 6.88. The van der Waals surface area contributed by atoms with Gasteiger partial charge in [0.1, 0.15) is 17.6 Å². The van der Waals surface area contributed by atoms with Crippen molar-refractivity contribution in [2.24, 2.45) is 5.73 Å². The second kappa shape index (κ2) is 6.29. The minimum absolute atomic E-state index is 0.00409. The van der Waals surface area contributed by atoms with Crippen molar-refractivity contribution in [1.82, 2.24) is 19.9 Å². The number of thiophene rings is 1. The molecule has 1 aliphatic heterocycles. The van der Waals surface area contributed by atoms with E-state index in [1.54, 1.807) is 6.07 Å². The lowest BCUT2D eigenvalue weighted by Gasteiger charge is -2.23. The van der Waals surface area contributed by atoms with E-state index in [2.05, 4.69) is 10.2 Å². The van der Waals surface area contributed by atoms with Crippen LogP contribution in [0.5, 0.6) is 0 Å². The van der Waals surface area contributed by atoms with Crippen LogP contribution in [0.3, 0.4) is 0 Å². The molecule has 128 valence electrons. The number of carbonyl (C=O) groups is 2. The summed E-state index contributed by atoms with van der Waals surface area (Å²) in [6.45, 7) is 0.813. The lowest BCUT2D eigenvalue weighted by molar-refractivity contribution is -0.133. The van der Waals surface area contributed by atoms with Crippen LogP contribution in [-0.4, -0.2) is 38.3 Å². The van der Waals surface area contributed by atoms with Crippen molar-refractivity contribution in [1.29, 1.82) is 0 Å². The van der Waals surface area contributed by atoms with Crippen LogP contribution in [0.15, 0.2) is 36.4 Å². The molecule has 0 bridgehead atoms. The lowest BCUT2D eigenvalue weighted by Crippen LogP contribution is -2.33. The summed E-state index contributed by atoms with van der Waals surface area (Å²) >= 11 is 1.36. The van der Waals surface area contributed by atoms with Gasteiger partial charge in [0.15, 0.2) is 0 Å². The lowest BCUT2D eigenvalue weighted by atomic mass is 10.2. The molecule has 7 nitrogen and oxygen atoms in total. The van der Waals surface area contributed by atoms with Crippen LogP contribution in [0.4, 0.5) is 0 Å². The standard InChI is InChI=1S/C17H17N5O2S/c18-17(24)15-8-7-14(25-15)13-6-3-9-21(13)16(23)10-22-19-11-4-1-2-5-12(11)20-22/h1-2,4-5,7-8,13H,3,6,9-10H2,(H2,18,24)/t13-/m0/s1. The first-order valence-electron chi connectivity index (χ1n) is 8.11. The molecule has 0 spiro atoms. The Balaban J connectivity index is 1.52. The van der Waals surface area contributed by atoms with E-state index in [-0.39, 0.29) is 18.5 Å². The molecule has 0 radical (unpaired) electrons. The van der Waals surface area contributed by atoms with Crippen molar-refractivity contribution in [2.75, 3.05) is 6.54 Å². The van der Waals surface area contributed by atoms with Crippen molar-refractivity contribution in [3.8, 4) is 0 Å². The molecular formula is C17H17N5O2S. The molecule has 2 aromatic heterocycles. The molecule has 25 heavy (non-hydrogen) atoms. The highest BCUT2D eigenvalue weighted by molar-refractivity contribution is 7.14. The minimum atomic E-state index is -0.431. The fourth-order valence-corrected chi connectivity index (χ4v) is 4.22. The van der Waals surface area contributed by atoms with Crippen LogP contribution in [0.2, 0.25) is 0 Å². The fraction of sp³-hybridized carbons (Fsp3) is 0.294. The van der Waals surface area contributed by atoms with E-state index < -0.39 is 5.91 Å². The number of hydrogen-bond donors (Lipinski definition) is 1. The summed E-state index contributed by atoms with van der Waals surface area (Å²) in [5.74, 6) is -0.448. The van der Waals surface area contributed by atoms with Crippen LogP contribution >= 0.6 is 11.3 Å². The van der Waals surface area contributed by atoms with E-state index in [9.17, 15) is 9.59 Å². The summed E-state index contributed by atoms with van der Waals surface area (Å²) in [5, 5.41) is 8.70. The van der Waals surface area contributed by atoms with Crippen molar-refractivity contribution in [3.63, 3.8) is 0 Å². The molecule has 1 saturated heterocycles. The maximum Gasteiger partial charge on any atom is 0.258 e. The fourth-order valence-electron chi connectivity index (χ4n) is 3.21. The van der Waals surface area contributed by atoms with Crippen LogP contribution in [-0.2, 0) is 11.3 Å². The third kappa shape index (κ3) is 3.00. The number of hydrogen-bond acceptors (Lipinski definition) is 5. The molecule has 0 aliphatic carbocycles. The molecule has 4 rings (SSSR count). The summed E-state index contributed by atoms with van der Waals surface area (Å²) < 4.78 is 0. The summed E-state index contributed by atoms with van der Waals surface area (Å²) in [6, 6.07) is 11.2. The van der Waals surface area contributed by atoms with E-state index in [0.717, 1.165) is 28.8 Å². The van der Waals surface area contributed by atoms with Gasteiger partial charge in [-0.05, 0) is 37.1 Å². The molecule has 1 aromatic carbocycles. The topological polar surface area (TPSA) is 94.1 Å². The largest absolute Gasteiger partial charge is 0.365 e. The first-order chi connectivity index (χ1) is 12.1. The quantitative estimate of drug-likeness (QED) is 0.774.